The van der Waals surface area contributed by atoms with E-state index in [-0.39, 0.29) is 23.3 Å². The van der Waals surface area contributed by atoms with E-state index in [4.69, 9.17) is 22.1 Å². The molecule has 0 aromatic heterocycles. The van der Waals surface area contributed by atoms with Crippen LogP contribution in [0.4, 0.5) is 5.69 Å². The van der Waals surface area contributed by atoms with Crippen molar-refractivity contribution in [2.24, 2.45) is 17.6 Å². The molecule has 24 heavy (non-hydrogen) atoms. The van der Waals surface area contributed by atoms with E-state index in [1.54, 1.807) is 0 Å². The molecule has 3 aliphatic carbocycles. The van der Waals surface area contributed by atoms with Gasteiger partial charge in [-0.2, -0.15) is 0 Å². The largest absolute Gasteiger partial charge is 0.466 e. The molecule has 3 N–H and O–H groups in total. The molecule has 1 spiro atoms. The highest BCUT2D eigenvalue weighted by Gasteiger charge is 2.57. The maximum Gasteiger partial charge on any atom is 0.335 e. The molecule has 1 aromatic carbocycles. The van der Waals surface area contributed by atoms with Crippen LogP contribution in [-0.2, 0) is 14.9 Å². The standard InChI is InChI=1S/C19H23ClN2O2/c1-3-10-7-8-19-12-5-4-6-13(20)16(12)22-17(19)15(18(23)24-2)11(10)9-14(19)21/h4-6,10-11,14,22H,3,7-9,21H2,1-2H3/t10-,11?,14+,19-/m1/s1. The van der Waals surface area contributed by atoms with Crippen LogP contribution in [0.5, 0.6) is 0 Å². The van der Waals surface area contributed by atoms with Crippen molar-refractivity contribution in [3.05, 3.63) is 40.1 Å². The van der Waals surface area contributed by atoms with Gasteiger partial charge in [0.05, 0.1) is 28.8 Å². The van der Waals surface area contributed by atoms with Crippen molar-refractivity contribution in [3.63, 3.8) is 0 Å². The van der Waals surface area contributed by atoms with Gasteiger partial charge < -0.3 is 15.8 Å². The number of benzene rings is 1. The molecule has 1 unspecified atom stereocenters. The van der Waals surface area contributed by atoms with Crippen LogP contribution >= 0.6 is 11.6 Å². The Bertz CT molecular complexity index is 745. The van der Waals surface area contributed by atoms with Gasteiger partial charge in [0.25, 0.3) is 0 Å². The summed E-state index contributed by atoms with van der Waals surface area (Å²) in [6.07, 6.45) is 3.87. The van der Waals surface area contributed by atoms with Crippen LogP contribution in [0.3, 0.4) is 0 Å². The number of esters is 1. The maximum atomic E-state index is 12.7. The van der Waals surface area contributed by atoms with Crippen LogP contribution in [0, 0.1) is 11.8 Å². The van der Waals surface area contributed by atoms with E-state index in [0.29, 0.717) is 10.9 Å². The van der Waals surface area contributed by atoms with Gasteiger partial charge in [-0.25, -0.2) is 4.79 Å². The lowest BCUT2D eigenvalue weighted by Crippen LogP contribution is -2.50. The molecule has 1 aliphatic heterocycles. The van der Waals surface area contributed by atoms with Crippen molar-refractivity contribution >= 4 is 23.3 Å². The fourth-order valence-corrected chi connectivity index (χ4v) is 5.43. The van der Waals surface area contributed by atoms with Crippen LogP contribution in [0.1, 0.15) is 38.2 Å². The number of rotatable bonds is 2. The Hall–Kier alpha value is -1.52. The quantitative estimate of drug-likeness (QED) is 0.803. The first-order valence-electron chi connectivity index (χ1n) is 8.69. The number of halogens is 1. The average molecular weight is 347 g/mol. The lowest BCUT2D eigenvalue weighted by atomic mass is 9.65. The highest BCUT2D eigenvalue weighted by atomic mass is 35.5. The van der Waals surface area contributed by atoms with Gasteiger partial charge in [0.15, 0.2) is 0 Å². The van der Waals surface area contributed by atoms with E-state index in [1.807, 2.05) is 12.1 Å². The number of anilines is 1. The Morgan fingerprint density at radius 2 is 2.29 bits per heavy atom. The monoisotopic (exact) mass is 346 g/mol. The Balaban J connectivity index is 2.01. The van der Waals surface area contributed by atoms with Crippen molar-refractivity contribution in [1.82, 2.24) is 0 Å². The van der Waals surface area contributed by atoms with Gasteiger partial charge in [-0.3, -0.25) is 0 Å². The molecule has 2 bridgehead atoms. The summed E-state index contributed by atoms with van der Waals surface area (Å²) in [4.78, 5) is 12.7. The lowest BCUT2D eigenvalue weighted by Gasteiger charge is -2.41. The summed E-state index contributed by atoms with van der Waals surface area (Å²) in [5.41, 5.74) is 10.1. The Morgan fingerprint density at radius 3 is 3.00 bits per heavy atom. The third-order valence-corrected chi connectivity index (χ3v) is 6.69. The zero-order valence-electron chi connectivity index (χ0n) is 14.1. The molecular weight excluding hydrogens is 324 g/mol. The third-order valence-electron chi connectivity index (χ3n) is 6.38. The van der Waals surface area contributed by atoms with Gasteiger partial charge in [0, 0.05) is 11.7 Å². The molecule has 1 heterocycles. The van der Waals surface area contributed by atoms with Crippen molar-refractivity contribution in [2.75, 3.05) is 12.4 Å². The number of fused-ring (bicyclic) bond motifs is 4. The van der Waals surface area contributed by atoms with E-state index < -0.39 is 0 Å². The molecule has 5 heteroatoms. The maximum absolute atomic E-state index is 12.7. The summed E-state index contributed by atoms with van der Waals surface area (Å²) in [5, 5.41) is 4.15. The predicted octanol–water partition coefficient (Wildman–Crippen LogP) is 3.60. The van der Waals surface area contributed by atoms with Crippen LogP contribution in [-0.4, -0.2) is 19.1 Å². The number of methoxy groups -OCH3 is 1. The normalized spacial score (nSPS) is 33.6. The SMILES string of the molecule is CC[C@@H]1CC[C@]23C(=C(C(=O)OC)C1C[C@@H]2N)Nc1c(Cl)cccc13. The Kier molecular flexibility index (Phi) is 3.66. The predicted molar refractivity (Wildman–Crippen MR) is 94.9 cm³/mol. The van der Waals surface area contributed by atoms with Gasteiger partial charge >= 0.3 is 5.97 Å². The summed E-state index contributed by atoms with van der Waals surface area (Å²) in [5.74, 6) is 0.388. The zero-order chi connectivity index (χ0) is 17.1. The van der Waals surface area contributed by atoms with E-state index >= 15 is 0 Å². The lowest BCUT2D eigenvalue weighted by molar-refractivity contribution is -0.137. The highest BCUT2D eigenvalue weighted by molar-refractivity contribution is 6.33. The first-order valence-corrected chi connectivity index (χ1v) is 9.07. The molecule has 4 atom stereocenters. The first-order chi connectivity index (χ1) is 11.5. The molecule has 1 saturated carbocycles. The molecule has 128 valence electrons. The van der Waals surface area contributed by atoms with Gasteiger partial charge in [-0.1, -0.05) is 37.1 Å². The van der Waals surface area contributed by atoms with Crippen molar-refractivity contribution in [2.45, 2.75) is 44.1 Å². The Labute approximate surface area is 147 Å². The number of nitrogens with one attached hydrogen (secondary N) is 1. The molecule has 0 amide bonds. The van der Waals surface area contributed by atoms with E-state index in [9.17, 15) is 4.79 Å². The number of carbonyl (C=O) groups is 1. The summed E-state index contributed by atoms with van der Waals surface area (Å²) in [6.45, 7) is 2.19. The molecule has 1 fully saturated rings. The summed E-state index contributed by atoms with van der Waals surface area (Å²) < 4.78 is 5.15. The van der Waals surface area contributed by atoms with E-state index in [2.05, 4.69) is 18.3 Å². The van der Waals surface area contributed by atoms with Gasteiger partial charge in [0.2, 0.25) is 0 Å². The highest BCUT2D eigenvalue weighted by Crippen LogP contribution is 2.60. The number of hydrogen-bond donors (Lipinski definition) is 2. The summed E-state index contributed by atoms with van der Waals surface area (Å²) in [7, 11) is 1.46. The second kappa shape index (κ2) is 5.50. The van der Waals surface area contributed by atoms with Crippen LogP contribution in [0.25, 0.3) is 0 Å². The van der Waals surface area contributed by atoms with Crippen molar-refractivity contribution in [3.8, 4) is 0 Å². The number of hydrogen-bond acceptors (Lipinski definition) is 4. The Morgan fingerprint density at radius 1 is 1.50 bits per heavy atom. The number of ether oxygens (including phenoxy) is 1. The van der Waals surface area contributed by atoms with Crippen LogP contribution in [0.15, 0.2) is 29.5 Å². The summed E-state index contributed by atoms with van der Waals surface area (Å²) >= 11 is 6.43. The van der Waals surface area contributed by atoms with E-state index in [1.165, 1.54) is 7.11 Å². The number of para-hydroxylation sites is 1. The van der Waals surface area contributed by atoms with Crippen molar-refractivity contribution < 1.29 is 9.53 Å². The van der Waals surface area contributed by atoms with Gasteiger partial charge in [-0.05, 0) is 42.7 Å². The molecule has 0 radical (unpaired) electrons. The molecule has 4 aliphatic rings. The fraction of sp³-hybridized carbons (Fsp3) is 0.526. The van der Waals surface area contributed by atoms with Crippen molar-refractivity contribution in [1.29, 1.82) is 0 Å². The third kappa shape index (κ3) is 1.87. The van der Waals surface area contributed by atoms with Gasteiger partial charge in [0.1, 0.15) is 0 Å². The smallest absolute Gasteiger partial charge is 0.335 e. The first kappa shape index (κ1) is 16.0. The van der Waals surface area contributed by atoms with Gasteiger partial charge in [-0.15, -0.1) is 0 Å². The second-order valence-electron chi connectivity index (χ2n) is 7.19. The minimum Gasteiger partial charge on any atom is -0.466 e. The fourth-order valence-electron chi connectivity index (χ4n) is 5.20. The van der Waals surface area contributed by atoms with Crippen LogP contribution in [0.2, 0.25) is 5.02 Å². The minimum atomic E-state index is -0.343. The second-order valence-corrected chi connectivity index (χ2v) is 7.60. The number of carbonyl (C=O) groups excluding carboxylic acids is 1. The molecule has 0 saturated heterocycles. The van der Waals surface area contributed by atoms with E-state index in [0.717, 1.165) is 48.2 Å². The molecule has 4 nitrogen and oxygen atoms in total. The molecular formula is C19H23ClN2O2. The topological polar surface area (TPSA) is 64.3 Å². The summed E-state index contributed by atoms with van der Waals surface area (Å²) in [6, 6.07) is 5.93. The minimum absolute atomic E-state index is 0.0188. The molecule has 5 rings (SSSR count). The number of nitrogens with two attached hydrogens (primary N) is 1. The van der Waals surface area contributed by atoms with Crippen LogP contribution < -0.4 is 11.1 Å². The average Bonchev–Trinajstić information content (AvgIpc) is 2.77. The zero-order valence-corrected chi connectivity index (χ0v) is 14.8. The molecule has 1 aromatic rings.